The fourth-order valence-electron chi connectivity index (χ4n) is 2.16. The summed E-state index contributed by atoms with van der Waals surface area (Å²) in [5.74, 6) is 0.662. The molecule has 2 aliphatic carbocycles. The molecule has 1 heterocycles. The Labute approximate surface area is 105 Å². The van der Waals surface area contributed by atoms with E-state index in [9.17, 15) is 4.79 Å². The van der Waals surface area contributed by atoms with Gasteiger partial charge in [-0.05, 0) is 42.0 Å². The van der Waals surface area contributed by atoms with Crippen LogP contribution in [0.25, 0.3) is 0 Å². The van der Waals surface area contributed by atoms with Crippen LogP contribution in [-0.4, -0.2) is 49.3 Å². The average Bonchev–Trinajstić information content (AvgIpc) is 3.20. The molecular weight excluding hydrogens is 234 g/mol. The van der Waals surface area contributed by atoms with E-state index in [0.29, 0.717) is 18.5 Å². The number of carboxylic acid groups (broad SMARTS) is 1. The summed E-state index contributed by atoms with van der Waals surface area (Å²) in [5, 5.41) is 20.6. The summed E-state index contributed by atoms with van der Waals surface area (Å²) in [6.45, 7) is 1.43. The van der Waals surface area contributed by atoms with Crippen molar-refractivity contribution in [3.05, 3.63) is 5.82 Å². The SMILES string of the molecule is O=C(O)CN(Cc1nnnn1C1CC1)CC1CC1. The van der Waals surface area contributed by atoms with Gasteiger partial charge < -0.3 is 5.11 Å². The van der Waals surface area contributed by atoms with Gasteiger partial charge >= 0.3 is 5.97 Å². The van der Waals surface area contributed by atoms with E-state index >= 15 is 0 Å². The van der Waals surface area contributed by atoms with Crippen molar-refractivity contribution in [2.75, 3.05) is 13.1 Å². The highest BCUT2D eigenvalue weighted by molar-refractivity contribution is 5.69. The van der Waals surface area contributed by atoms with Crippen molar-refractivity contribution >= 4 is 5.97 Å². The van der Waals surface area contributed by atoms with Crippen molar-refractivity contribution in [2.45, 2.75) is 38.3 Å². The number of hydrogen-bond acceptors (Lipinski definition) is 5. The third-order valence-electron chi connectivity index (χ3n) is 3.39. The predicted molar refractivity (Wildman–Crippen MR) is 61.7 cm³/mol. The van der Waals surface area contributed by atoms with Crippen LogP contribution in [0.3, 0.4) is 0 Å². The number of hydrogen-bond donors (Lipinski definition) is 1. The van der Waals surface area contributed by atoms with Crippen LogP contribution in [0.1, 0.15) is 37.5 Å². The number of aromatic nitrogens is 4. The van der Waals surface area contributed by atoms with E-state index in [1.165, 1.54) is 12.8 Å². The van der Waals surface area contributed by atoms with E-state index in [-0.39, 0.29) is 6.54 Å². The Bertz CT molecular complexity index is 438. The van der Waals surface area contributed by atoms with Crippen LogP contribution in [0.15, 0.2) is 0 Å². The first-order chi connectivity index (χ1) is 8.72. The molecule has 7 heteroatoms. The van der Waals surface area contributed by atoms with E-state index in [2.05, 4.69) is 15.5 Å². The zero-order chi connectivity index (χ0) is 12.5. The van der Waals surface area contributed by atoms with Gasteiger partial charge in [0.15, 0.2) is 5.82 Å². The second kappa shape index (κ2) is 4.64. The Morgan fingerprint density at radius 3 is 2.78 bits per heavy atom. The molecule has 0 aromatic carbocycles. The summed E-state index contributed by atoms with van der Waals surface area (Å²) in [6.07, 6.45) is 4.67. The summed E-state index contributed by atoms with van der Waals surface area (Å²) < 4.78 is 1.85. The van der Waals surface area contributed by atoms with E-state index in [1.807, 2.05) is 9.58 Å². The van der Waals surface area contributed by atoms with Gasteiger partial charge in [0.25, 0.3) is 0 Å². The molecule has 7 nitrogen and oxygen atoms in total. The lowest BCUT2D eigenvalue weighted by atomic mass is 10.3. The van der Waals surface area contributed by atoms with Crippen molar-refractivity contribution in [1.29, 1.82) is 0 Å². The first-order valence-electron chi connectivity index (χ1n) is 6.43. The van der Waals surface area contributed by atoms with Crippen LogP contribution in [0.5, 0.6) is 0 Å². The van der Waals surface area contributed by atoms with Crippen molar-refractivity contribution in [3.63, 3.8) is 0 Å². The second-order valence-corrected chi connectivity index (χ2v) is 5.28. The van der Waals surface area contributed by atoms with Gasteiger partial charge in [0.2, 0.25) is 0 Å². The Kier molecular flexibility index (Phi) is 2.99. The maximum absolute atomic E-state index is 10.9. The number of carboxylic acids is 1. The highest BCUT2D eigenvalue weighted by Crippen LogP contribution is 2.35. The van der Waals surface area contributed by atoms with Crippen LogP contribution >= 0.6 is 0 Å². The Morgan fingerprint density at radius 1 is 1.39 bits per heavy atom. The third-order valence-corrected chi connectivity index (χ3v) is 3.39. The lowest BCUT2D eigenvalue weighted by molar-refractivity contribution is -0.138. The molecule has 0 bridgehead atoms. The fourth-order valence-corrected chi connectivity index (χ4v) is 2.16. The molecule has 2 fully saturated rings. The average molecular weight is 251 g/mol. The number of carbonyl (C=O) groups is 1. The molecular formula is C11H17N5O2. The van der Waals surface area contributed by atoms with Crippen LogP contribution < -0.4 is 0 Å². The molecule has 1 aromatic heterocycles. The number of nitrogens with zero attached hydrogens (tertiary/aromatic N) is 5. The second-order valence-electron chi connectivity index (χ2n) is 5.28. The quantitative estimate of drug-likeness (QED) is 0.750. The van der Waals surface area contributed by atoms with Gasteiger partial charge in [0.1, 0.15) is 0 Å². The molecule has 2 saturated carbocycles. The van der Waals surface area contributed by atoms with Crippen LogP contribution in [-0.2, 0) is 11.3 Å². The van der Waals surface area contributed by atoms with Gasteiger partial charge in [-0.15, -0.1) is 5.10 Å². The summed E-state index contributed by atoms with van der Waals surface area (Å²) in [6, 6.07) is 0.433. The maximum atomic E-state index is 10.9. The summed E-state index contributed by atoms with van der Waals surface area (Å²) in [5.41, 5.74) is 0. The zero-order valence-electron chi connectivity index (χ0n) is 10.2. The summed E-state index contributed by atoms with van der Waals surface area (Å²) in [7, 11) is 0. The first kappa shape index (κ1) is 11.6. The predicted octanol–water partition coefficient (Wildman–Crippen LogP) is 0.305. The van der Waals surface area contributed by atoms with E-state index in [4.69, 9.17) is 5.11 Å². The van der Waals surface area contributed by atoms with Gasteiger partial charge in [-0.25, -0.2) is 4.68 Å². The smallest absolute Gasteiger partial charge is 0.317 e. The molecule has 1 N–H and O–H groups in total. The van der Waals surface area contributed by atoms with E-state index in [1.54, 1.807) is 0 Å². The first-order valence-corrected chi connectivity index (χ1v) is 6.43. The molecule has 0 radical (unpaired) electrons. The Hall–Kier alpha value is -1.50. The van der Waals surface area contributed by atoms with Crippen LogP contribution in [0.2, 0.25) is 0 Å². The number of rotatable bonds is 7. The van der Waals surface area contributed by atoms with Gasteiger partial charge in [-0.1, -0.05) is 0 Å². The largest absolute Gasteiger partial charge is 0.480 e. The van der Waals surface area contributed by atoms with E-state index < -0.39 is 5.97 Å². The Balaban J connectivity index is 1.65. The normalized spacial score (nSPS) is 19.4. The van der Waals surface area contributed by atoms with Gasteiger partial charge in [-0.3, -0.25) is 9.69 Å². The lowest BCUT2D eigenvalue weighted by Crippen LogP contribution is -2.32. The lowest BCUT2D eigenvalue weighted by Gasteiger charge is -2.19. The maximum Gasteiger partial charge on any atom is 0.317 e. The minimum absolute atomic E-state index is 0.0635. The Morgan fingerprint density at radius 2 is 2.17 bits per heavy atom. The topological polar surface area (TPSA) is 84.1 Å². The monoisotopic (exact) mass is 251 g/mol. The standard InChI is InChI=1S/C11H17N5O2/c17-11(18)7-15(5-8-1-2-8)6-10-12-13-14-16(10)9-3-4-9/h8-9H,1-7H2,(H,17,18). The van der Waals surface area contributed by atoms with Crippen LogP contribution in [0, 0.1) is 5.92 Å². The third kappa shape index (κ3) is 2.84. The summed E-state index contributed by atoms with van der Waals surface area (Å²) >= 11 is 0. The molecule has 0 aliphatic heterocycles. The van der Waals surface area contributed by atoms with Crippen LogP contribution in [0.4, 0.5) is 0 Å². The number of aliphatic carboxylic acids is 1. The molecule has 1 aromatic rings. The zero-order valence-corrected chi connectivity index (χ0v) is 10.2. The molecule has 0 amide bonds. The van der Waals surface area contributed by atoms with Crippen molar-refractivity contribution in [2.24, 2.45) is 5.92 Å². The van der Waals surface area contributed by atoms with Crippen molar-refractivity contribution < 1.29 is 9.90 Å². The van der Waals surface area contributed by atoms with Gasteiger partial charge in [-0.2, -0.15) is 0 Å². The number of tetrazole rings is 1. The molecule has 0 unspecified atom stereocenters. The molecule has 0 saturated heterocycles. The van der Waals surface area contributed by atoms with Gasteiger partial charge in [0.05, 0.1) is 19.1 Å². The van der Waals surface area contributed by atoms with Gasteiger partial charge in [0, 0.05) is 6.54 Å². The highest BCUT2D eigenvalue weighted by Gasteiger charge is 2.30. The van der Waals surface area contributed by atoms with Crippen molar-refractivity contribution in [1.82, 2.24) is 25.1 Å². The molecule has 18 heavy (non-hydrogen) atoms. The fraction of sp³-hybridized carbons (Fsp3) is 0.818. The molecule has 2 aliphatic rings. The van der Waals surface area contributed by atoms with E-state index in [0.717, 1.165) is 25.2 Å². The summed E-state index contributed by atoms with van der Waals surface area (Å²) in [4.78, 5) is 12.8. The minimum atomic E-state index is -0.791. The molecule has 0 spiro atoms. The molecule has 98 valence electrons. The van der Waals surface area contributed by atoms with Crippen molar-refractivity contribution in [3.8, 4) is 0 Å². The highest BCUT2D eigenvalue weighted by atomic mass is 16.4. The molecule has 3 rings (SSSR count). The molecule has 0 atom stereocenters. The minimum Gasteiger partial charge on any atom is -0.480 e.